The second-order valence-corrected chi connectivity index (χ2v) is 8.30. The standard InChI is InChI=1S/C26H22N6O8/c1-39-17-9-7-15(21(11-17)31(35)36)13-27-29-23-19-5-3-4-6-20(19)24(26(34)25(23)33)30-28-14-16-8-10-18(40-2)12-22(16)32(37)38/h3-12,27-28H,13-14H2,1-2H3. The number of nitro benzene ring substituents is 2. The van der Waals surface area contributed by atoms with Gasteiger partial charge in [-0.3, -0.25) is 29.8 Å². The van der Waals surface area contributed by atoms with Crippen molar-refractivity contribution in [1.82, 2.24) is 10.9 Å². The molecule has 0 aliphatic carbocycles. The quantitative estimate of drug-likeness (QED) is 0.167. The van der Waals surface area contributed by atoms with Crippen molar-refractivity contribution in [2.24, 2.45) is 10.2 Å². The van der Waals surface area contributed by atoms with Crippen molar-refractivity contribution < 1.29 is 19.3 Å². The van der Waals surface area contributed by atoms with Crippen LogP contribution in [0.4, 0.5) is 11.4 Å². The molecule has 4 aromatic carbocycles. The molecule has 4 aromatic rings. The number of hydrogen-bond acceptors (Lipinski definition) is 12. The first-order chi connectivity index (χ1) is 19.2. The van der Waals surface area contributed by atoms with Gasteiger partial charge in [-0.05, 0) is 24.3 Å². The van der Waals surface area contributed by atoms with Crippen LogP contribution < -0.4 is 41.9 Å². The molecular weight excluding hydrogens is 524 g/mol. The summed E-state index contributed by atoms with van der Waals surface area (Å²) in [6, 6.07) is 15.1. The summed E-state index contributed by atoms with van der Waals surface area (Å²) in [5, 5.41) is 31.3. The molecule has 0 bridgehead atoms. The van der Waals surface area contributed by atoms with Gasteiger partial charge in [0.15, 0.2) is 0 Å². The van der Waals surface area contributed by atoms with Crippen LogP contribution in [-0.4, -0.2) is 24.1 Å². The molecule has 14 nitrogen and oxygen atoms in total. The van der Waals surface area contributed by atoms with Gasteiger partial charge < -0.3 is 20.3 Å². The molecule has 0 aromatic heterocycles. The van der Waals surface area contributed by atoms with Crippen molar-refractivity contribution in [2.75, 3.05) is 14.2 Å². The summed E-state index contributed by atoms with van der Waals surface area (Å²) in [5.41, 5.74) is 3.59. The van der Waals surface area contributed by atoms with Crippen molar-refractivity contribution in [2.45, 2.75) is 13.1 Å². The molecule has 0 unspecified atom stereocenters. The van der Waals surface area contributed by atoms with Crippen LogP contribution in [-0.2, 0) is 13.1 Å². The largest absolute Gasteiger partial charge is 0.497 e. The second-order valence-electron chi connectivity index (χ2n) is 8.30. The van der Waals surface area contributed by atoms with E-state index >= 15 is 0 Å². The van der Waals surface area contributed by atoms with Crippen molar-refractivity contribution in [3.05, 3.63) is 123 Å². The lowest BCUT2D eigenvalue weighted by Gasteiger charge is -2.06. The van der Waals surface area contributed by atoms with E-state index in [0.717, 1.165) is 0 Å². The highest BCUT2D eigenvalue weighted by Gasteiger charge is 2.16. The molecule has 204 valence electrons. The summed E-state index contributed by atoms with van der Waals surface area (Å²) in [7, 11) is 2.78. The summed E-state index contributed by atoms with van der Waals surface area (Å²) < 4.78 is 10.1. The number of ether oxygens (including phenoxy) is 2. The molecular formula is C26H22N6O8. The molecule has 0 aliphatic rings. The van der Waals surface area contributed by atoms with E-state index in [0.29, 0.717) is 22.3 Å². The third-order valence-corrected chi connectivity index (χ3v) is 5.97. The number of nitrogens with one attached hydrogen (secondary N) is 2. The number of benzene rings is 4. The van der Waals surface area contributed by atoms with Crippen LogP contribution in [0.2, 0.25) is 0 Å². The molecule has 0 radical (unpaired) electrons. The third kappa shape index (κ3) is 5.60. The zero-order valence-corrected chi connectivity index (χ0v) is 21.2. The SMILES string of the molecule is COc1ccc(CNN=c2c(=O)c(=O)c(=NNCc3ccc(OC)cc3[N+](=O)[O-])c3ccccc23)c([N+](=O)[O-])c1. The lowest BCUT2D eigenvalue weighted by molar-refractivity contribution is -0.385. The van der Waals surface area contributed by atoms with Gasteiger partial charge in [0.25, 0.3) is 22.2 Å². The van der Waals surface area contributed by atoms with Crippen LogP contribution in [0.5, 0.6) is 11.5 Å². The Hall–Kier alpha value is -5.66. The monoisotopic (exact) mass is 546 g/mol. The molecule has 2 N–H and O–H groups in total. The first-order valence-electron chi connectivity index (χ1n) is 11.7. The summed E-state index contributed by atoms with van der Waals surface area (Å²) in [4.78, 5) is 47.7. The molecule has 0 fully saturated rings. The zero-order valence-electron chi connectivity index (χ0n) is 21.2. The van der Waals surface area contributed by atoms with Crippen molar-refractivity contribution in [3.63, 3.8) is 0 Å². The lowest BCUT2D eigenvalue weighted by Crippen LogP contribution is -2.49. The molecule has 0 saturated carbocycles. The molecule has 14 heteroatoms. The lowest BCUT2D eigenvalue weighted by atomic mass is 10.1. The third-order valence-electron chi connectivity index (χ3n) is 5.97. The maximum Gasteiger partial charge on any atom is 0.278 e. The topological polar surface area (TPSA) is 188 Å². The van der Waals surface area contributed by atoms with Gasteiger partial charge in [0.1, 0.15) is 22.2 Å². The van der Waals surface area contributed by atoms with Gasteiger partial charge in [-0.1, -0.05) is 24.3 Å². The highest BCUT2D eigenvalue weighted by Crippen LogP contribution is 2.25. The van der Waals surface area contributed by atoms with Gasteiger partial charge in [-0.25, -0.2) is 0 Å². The summed E-state index contributed by atoms with van der Waals surface area (Å²) in [5.74, 6) is 0.622. The minimum absolute atomic E-state index is 0.101. The number of fused-ring (bicyclic) bond motifs is 1. The molecule has 0 amide bonds. The molecule has 0 atom stereocenters. The first-order valence-corrected chi connectivity index (χ1v) is 11.7. The Labute approximate surface area is 224 Å². The number of nitrogens with zero attached hydrogens (tertiary/aromatic N) is 4. The second kappa shape index (κ2) is 11.8. The fraction of sp³-hybridized carbons (Fsp3) is 0.154. The van der Waals surface area contributed by atoms with E-state index in [1.165, 1.54) is 38.5 Å². The maximum atomic E-state index is 13.0. The molecule has 0 aliphatic heterocycles. The molecule has 0 saturated heterocycles. The Morgan fingerprint density at radius 1 is 0.700 bits per heavy atom. The van der Waals surface area contributed by atoms with Crippen LogP contribution >= 0.6 is 0 Å². The normalized spacial score (nSPS) is 11.8. The van der Waals surface area contributed by atoms with E-state index < -0.39 is 20.7 Å². The van der Waals surface area contributed by atoms with Crippen molar-refractivity contribution in [1.29, 1.82) is 0 Å². The van der Waals surface area contributed by atoms with Crippen LogP contribution in [0.25, 0.3) is 10.8 Å². The predicted molar refractivity (Wildman–Crippen MR) is 143 cm³/mol. The van der Waals surface area contributed by atoms with E-state index in [4.69, 9.17) is 9.47 Å². The van der Waals surface area contributed by atoms with Crippen LogP contribution in [0.15, 0.2) is 80.5 Å². The van der Waals surface area contributed by atoms with Crippen molar-refractivity contribution >= 4 is 22.1 Å². The van der Waals surface area contributed by atoms with Gasteiger partial charge in [-0.2, -0.15) is 10.2 Å². The Morgan fingerprint density at radius 3 is 1.45 bits per heavy atom. The van der Waals surface area contributed by atoms with Crippen LogP contribution in [0, 0.1) is 20.2 Å². The summed E-state index contributed by atoms with van der Waals surface area (Å²) in [6.45, 7) is -0.201. The fourth-order valence-corrected chi connectivity index (χ4v) is 3.97. The highest BCUT2D eigenvalue weighted by molar-refractivity contribution is 5.81. The Morgan fingerprint density at radius 2 is 1.10 bits per heavy atom. The predicted octanol–water partition coefficient (Wildman–Crippen LogP) is 1.48. The van der Waals surface area contributed by atoms with Crippen LogP contribution in [0.1, 0.15) is 11.1 Å². The van der Waals surface area contributed by atoms with E-state index in [9.17, 15) is 29.8 Å². The minimum atomic E-state index is -0.939. The van der Waals surface area contributed by atoms with E-state index in [2.05, 4.69) is 21.1 Å². The molecule has 40 heavy (non-hydrogen) atoms. The fourth-order valence-electron chi connectivity index (χ4n) is 3.97. The van der Waals surface area contributed by atoms with Gasteiger partial charge in [-0.15, -0.1) is 0 Å². The Balaban J connectivity index is 1.69. The zero-order chi connectivity index (χ0) is 28.8. The number of methoxy groups -OCH3 is 2. The van der Waals surface area contributed by atoms with E-state index in [1.54, 1.807) is 36.4 Å². The number of hydrogen-bond donors (Lipinski definition) is 2. The average molecular weight is 546 g/mol. The minimum Gasteiger partial charge on any atom is -0.497 e. The van der Waals surface area contributed by atoms with E-state index in [-0.39, 0.29) is 46.3 Å². The summed E-state index contributed by atoms with van der Waals surface area (Å²) in [6.07, 6.45) is 0. The van der Waals surface area contributed by atoms with Gasteiger partial charge >= 0.3 is 0 Å². The smallest absolute Gasteiger partial charge is 0.278 e. The number of rotatable bonds is 10. The van der Waals surface area contributed by atoms with Gasteiger partial charge in [0.2, 0.25) is 0 Å². The Kier molecular flexibility index (Phi) is 8.08. The highest BCUT2D eigenvalue weighted by atomic mass is 16.6. The number of nitro groups is 2. The van der Waals surface area contributed by atoms with Crippen LogP contribution in [0.3, 0.4) is 0 Å². The van der Waals surface area contributed by atoms with Gasteiger partial charge in [0.05, 0.1) is 60.4 Å². The van der Waals surface area contributed by atoms with E-state index in [1.807, 2.05) is 0 Å². The molecule has 4 rings (SSSR count). The average Bonchev–Trinajstić information content (AvgIpc) is 2.96. The van der Waals surface area contributed by atoms with Crippen molar-refractivity contribution in [3.8, 4) is 11.5 Å². The maximum absolute atomic E-state index is 13.0. The molecule has 0 heterocycles. The Bertz CT molecular complexity index is 1710. The molecule has 0 spiro atoms. The van der Waals surface area contributed by atoms with Gasteiger partial charge in [0, 0.05) is 10.8 Å². The summed E-state index contributed by atoms with van der Waals surface area (Å²) >= 11 is 0. The first kappa shape index (κ1) is 27.4.